The van der Waals surface area contributed by atoms with E-state index in [1.807, 2.05) is 11.3 Å². The second kappa shape index (κ2) is 6.80. The molecule has 0 aliphatic carbocycles. The van der Waals surface area contributed by atoms with E-state index in [1.54, 1.807) is 0 Å². The lowest BCUT2D eigenvalue weighted by Crippen LogP contribution is -2.16. The predicted molar refractivity (Wildman–Crippen MR) is 75.7 cm³/mol. The van der Waals surface area contributed by atoms with Crippen LogP contribution in [0, 0.1) is 0 Å². The molecule has 0 aliphatic heterocycles. The van der Waals surface area contributed by atoms with Crippen LogP contribution in [0.1, 0.15) is 16.0 Å². The summed E-state index contributed by atoms with van der Waals surface area (Å²) in [5, 5.41) is 5.58. The number of rotatable bonds is 6. The van der Waals surface area contributed by atoms with Crippen molar-refractivity contribution in [2.75, 3.05) is 6.54 Å². The molecule has 90 valence electrons. The summed E-state index contributed by atoms with van der Waals surface area (Å²) in [5.74, 6) is 0.589. The zero-order valence-electron chi connectivity index (χ0n) is 9.66. The van der Waals surface area contributed by atoms with Gasteiger partial charge < -0.3 is 5.32 Å². The molecule has 1 nitrogen and oxygen atoms in total. The van der Waals surface area contributed by atoms with Crippen LogP contribution in [0.15, 0.2) is 41.8 Å². The Morgan fingerprint density at radius 1 is 1.06 bits per heavy atom. The standard InChI is InChI=1S/C14H16ClNS/c15-10-12-3-5-13(6-4-12)11-16-8-7-14-2-1-9-17-14/h1-6,9,16H,7-8,10-11H2. The maximum Gasteiger partial charge on any atom is 0.0474 e. The van der Waals surface area contributed by atoms with Crippen LogP contribution < -0.4 is 5.32 Å². The minimum absolute atomic E-state index is 0.589. The van der Waals surface area contributed by atoms with Crippen molar-refractivity contribution in [1.29, 1.82) is 0 Å². The molecule has 0 unspecified atom stereocenters. The number of alkyl halides is 1. The van der Waals surface area contributed by atoms with E-state index in [0.29, 0.717) is 5.88 Å². The minimum atomic E-state index is 0.589. The Morgan fingerprint density at radius 3 is 2.47 bits per heavy atom. The van der Waals surface area contributed by atoms with Gasteiger partial charge in [-0.15, -0.1) is 22.9 Å². The molecule has 17 heavy (non-hydrogen) atoms. The topological polar surface area (TPSA) is 12.0 Å². The van der Waals surface area contributed by atoms with Crippen molar-refractivity contribution in [3.05, 3.63) is 57.8 Å². The number of nitrogens with one attached hydrogen (secondary N) is 1. The van der Waals surface area contributed by atoms with E-state index in [0.717, 1.165) is 19.5 Å². The third kappa shape index (κ3) is 4.15. The second-order valence-electron chi connectivity index (χ2n) is 3.96. The lowest BCUT2D eigenvalue weighted by Gasteiger charge is -2.04. The van der Waals surface area contributed by atoms with Gasteiger partial charge in [0.2, 0.25) is 0 Å². The average molecular weight is 266 g/mol. The van der Waals surface area contributed by atoms with Crippen molar-refractivity contribution >= 4 is 22.9 Å². The molecule has 0 radical (unpaired) electrons. The summed E-state index contributed by atoms with van der Waals surface area (Å²) < 4.78 is 0. The van der Waals surface area contributed by atoms with Crippen LogP contribution in [0.25, 0.3) is 0 Å². The highest BCUT2D eigenvalue weighted by molar-refractivity contribution is 7.09. The highest BCUT2D eigenvalue weighted by Gasteiger charge is 1.95. The molecular formula is C14H16ClNS. The van der Waals surface area contributed by atoms with Gasteiger partial charge in [0.15, 0.2) is 0 Å². The van der Waals surface area contributed by atoms with Crippen LogP contribution in [0.4, 0.5) is 0 Å². The Kier molecular flexibility index (Phi) is 5.05. The summed E-state index contributed by atoms with van der Waals surface area (Å²) in [7, 11) is 0. The smallest absolute Gasteiger partial charge is 0.0474 e. The van der Waals surface area contributed by atoms with E-state index < -0.39 is 0 Å². The number of hydrogen-bond acceptors (Lipinski definition) is 2. The molecule has 2 aromatic rings. The summed E-state index contributed by atoms with van der Waals surface area (Å²) in [6.45, 7) is 1.95. The van der Waals surface area contributed by atoms with E-state index in [9.17, 15) is 0 Å². The monoisotopic (exact) mass is 265 g/mol. The maximum absolute atomic E-state index is 5.75. The summed E-state index contributed by atoms with van der Waals surface area (Å²) in [5.41, 5.74) is 2.49. The average Bonchev–Trinajstić information content (AvgIpc) is 2.88. The van der Waals surface area contributed by atoms with Gasteiger partial charge in [-0.1, -0.05) is 30.3 Å². The zero-order valence-corrected chi connectivity index (χ0v) is 11.2. The number of thiophene rings is 1. The third-order valence-corrected chi connectivity index (χ3v) is 3.88. The lowest BCUT2D eigenvalue weighted by molar-refractivity contribution is 0.690. The number of benzene rings is 1. The first-order valence-electron chi connectivity index (χ1n) is 5.75. The summed E-state index contributed by atoms with van der Waals surface area (Å²) in [6, 6.07) is 12.7. The molecule has 1 aromatic carbocycles. The fourth-order valence-electron chi connectivity index (χ4n) is 1.65. The van der Waals surface area contributed by atoms with Crippen LogP contribution in [-0.4, -0.2) is 6.54 Å². The molecular weight excluding hydrogens is 250 g/mol. The molecule has 3 heteroatoms. The van der Waals surface area contributed by atoms with Gasteiger partial charge in [-0.3, -0.25) is 0 Å². The van der Waals surface area contributed by atoms with Crippen molar-refractivity contribution in [3.63, 3.8) is 0 Å². The molecule has 1 heterocycles. The summed E-state index contributed by atoms with van der Waals surface area (Å²) >= 11 is 7.57. The van der Waals surface area contributed by atoms with E-state index in [4.69, 9.17) is 11.6 Å². The molecule has 0 saturated carbocycles. The molecule has 0 bridgehead atoms. The van der Waals surface area contributed by atoms with E-state index >= 15 is 0 Å². The molecule has 0 amide bonds. The van der Waals surface area contributed by atoms with E-state index in [2.05, 4.69) is 47.1 Å². The van der Waals surface area contributed by atoms with Gasteiger partial charge in [-0.05, 0) is 29.0 Å². The van der Waals surface area contributed by atoms with Crippen molar-refractivity contribution in [2.24, 2.45) is 0 Å². The van der Waals surface area contributed by atoms with Crippen molar-refractivity contribution in [3.8, 4) is 0 Å². The van der Waals surface area contributed by atoms with Gasteiger partial charge in [-0.25, -0.2) is 0 Å². The van der Waals surface area contributed by atoms with Gasteiger partial charge >= 0.3 is 0 Å². The maximum atomic E-state index is 5.75. The highest BCUT2D eigenvalue weighted by Crippen LogP contribution is 2.09. The quantitative estimate of drug-likeness (QED) is 0.619. The largest absolute Gasteiger partial charge is 0.312 e. The Balaban J connectivity index is 1.70. The first kappa shape index (κ1) is 12.6. The van der Waals surface area contributed by atoms with Gasteiger partial charge in [0.05, 0.1) is 0 Å². The van der Waals surface area contributed by atoms with Gasteiger partial charge in [0.1, 0.15) is 0 Å². The van der Waals surface area contributed by atoms with E-state index in [-0.39, 0.29) is 0 Å². The first-order chi connectivity index (χ1) is 8.38. The summed E-state index contributed by atoms with van der Waals surface area (Å²) in [6.07, 6.45) is 1.11. The number of hydrogen-bond donors (Lipinski definition) is 1. The van der Waals surface area contributed by atoms with Gasteiger partial charge in [0, 0.05) is 23.8 Å². The molecule has 0 spiro atoms. The van der Waals surface area contributed by atoms with Crippen LogP contribution >= 0.6 is 22.9 Å². The molecule has 0 atom stereocenters. The van der Waals surface area contributed by atoms with Crippen molar-refractivity contribution in [2.45, 2.75) is 18.8 Å². The molecule has 0 saturated heterocycles. The van der Waals surface area contributed by atoms with Crippen LogP contribution in [0.2, 0.25) is 0 Å². The highest BCUT2D eigenvalue weighted by atomic mass is 35.5. The Morgan fingerprint density at radius 2 is 1.82 bits per heavy atom. The first-order valence-corrected chi connectivity index (χ1v) is 7.17. The lowest BCUT2D eigenvalue weighted by atomic mass is 10.1. The van der Waals surface area contributed by atoms with Crippen LogP contribution in [0.5, 0.6) is 0 Å². The van der Waals surface area contributed by atoms with Crippen LogP contribution in [0.3, 0.4) is 0 Å². The SMILES string of the molecule is ClCc1ccc(CNCCc2cccs2)cc1. The fourth-order valence-corrected chi connectivity index (χ4v) is 2.53. The molecule has 0 aliphatic rings. The minimum Gasteiger partial charge on any atom is -0.312 e. The second-order valence-corrected chi connectivity index (χ2v) is 5.26. The number of halogens is 1. The normalized spacial score (nSPS) is 10.6. The van der Waals surface area contributed by atoms with Gasteiger partial charge in [-0.2, -0.15) is 0 Å². The predicted octanol–water partition coefficient (Wildman–Crippen LogP) is 3.82. The summed E-state index contributed by atoms with van der Waals surface area (Å²) in [4.78, 5) is 1.44. The Hall–Kier alpha value is -0.830. The Bertz CT molecular complexity index is 422. The van der Waals surface area contributed by atoms with Crippen LogP contribution in [-0.2, 0) is 18.8 Å². The van der Waals surface area contributed by atoms with Gasteiger partial charge in [0.25, 0.3) is 0 Å². The molecule has 1 N–H and O–H groups in total. The van der Waals surface area contributed by atoms with E-state index in [1.165, 1.54) is 16.0 Å². The van der Waals surface area contributed by atoms with Crippen molar-refractivity contribution < 1.29 is 0 Å². The molecule has 0 fully saturated rings. The fraction of sp³-hybridized carbons (Fsp3) is 0.286. The molecule has 1 aromatic heterocycles. The third-order valence-electron chi connectivity index (χ3n) is 2.63. The van der Waals surface area contributed by atoms with Crippen molar-refractivity contribution in [1.82, 2.24) is 5.32 Å². The Labute approximate surface area is 111 Å². The zero-order chi connectivity index (χ0) is 11.9. The molecule has 2 rings (SSSR count).